The Hall–Kier alpha value is -0.980. The van der Waals surface area contributed by atoms with E-state index in [-0.39, 0.29) is 5.03 Å². The van der Waals surface area contributed by atoms with E-state index in [2.05, 4.69) is 4.98 Å². The van der Waals surface area contributed by atoms with E-state index in [4.69, 9.17) is 9.88 Å². The van der Waals surface area contributed by atoms with Crippen molar-refractivity contribution in [3.63, 3.8) is 0 Å². The van der Waals surface area contributed by atoms with Crippen LogP contribution >= 0.6 is 0 Å². The van der Waals surface area contributed by atoms with Crippen LogP contribution in [0.25, 0.3) is 0 Å². The number of rotatable bonds is 7. The average Bonchev–Trinajstić information content (AvgIpc) is 2.28. The lowest BCUT2D eigenvalue weighted by Crippen LogP contribution is -2.16. The summed E-state index contributed by atoms with van der Waals surface area (Å²) < 4.78 is 27.5. The Morgan fingerprint density at radius 2 is 2.12 bits per heavy atom. The molecule has 0 saturated heterocycles. The molecule has 2 N–H and O–H groups in total. The van der Waals surface area contributed by atoms with Gasteiger partial charge in [-0.1, -0.05) is 12.5 Å². The van der Waals surface area contributed by atoms with E-state index in [1.165, 1.54) is 6.20 Å². The molecule has 0 radical (unpaired) electrons. The first-order chi connectivity index (χ1) is 8.05. The van der Waals surface area contributed by atoms with E-state index >= 15 is 0 Å². The SMILES string of the molecule is COCCCCCc1cccnc1S(N)(=O)=O. The topological polar surface area (TPSA) is 82.3 Å². The van der Waals surface area contributed by atoms with Crippen LogP contribution in [0.3, 0.4) is 0 Å². The predicted molar refractivity (Wildman–Crippen MR) is 65.0 cm³/mol. The molecule has 0 aliphatic heterocycles. The number of hydrogen-bond acceptors (Lipinski definition) is 4. The Morgan fingerprint density at radius 1 is 1.35 bits per heavy atom. The largest absolute Gasteiger partial charge is 0.385 e. The summed E-state index contributed by atoms with van der Waals surface area (Å²) in [6.07, 6.45) is 4.98. The Kier molecular flexibility index (Phi) is 5.54. The van der Waals surface area contributed by atoms with E-state index in [1.54, 1.807) is 19.2 Å². The molecule has 1 heterocycles. The number of aryl methyl sites for hydroxylation is 1. The smallest absolute Gasteiger partial charge is 0.255 e. The zero-order chi connectivity index (χ0) is 12.7. The van der Waals surface area contributed by atoms with Crippen molar-refractivity contribution < 1.29 is 13.2 Å². The number of hydrogen-bond donors (Lipinski definition) is 1. The summed E-state index contributed by atoms with van der Waals surface area (Å²) in [5, 5.41) is 5.09. The lowest BCUT2D eigenvalue weighted by Gasteiger charge is -2.06. The van der Waals surface area contributed by atoms with Crippen LogP contribution in [0.1, 0.15) is 24.8 Å². The first-order valence-electron chi connectivity index (χ1n) is 5.51. The van der Waals surface area contributed by atoms with Gasteiger partial charge in [-0.25, -0.2) is 18.5 Å². The van der Waals surface area contributed by atoms with E-state index in [0.717, 1.165) is 25.9 Å². The molecule has 0 amide bonds. The van der Waals surface area contributed by atoms with E-state index in [1.807, 2.05) is 0 Å². The second-order valence-corrected chi connectivity index (χ2v) is 5.29. The van der Waals surface area contributed by atoms with Gasteiger partial charge in [0.25, 0.3) is 10.0 Å². The quantitative estimate of drug-likeness (QED) is 0.742. The number of sulfonamides is 1. The molecule has 0 atom stereocenters. The predicted octanol–water partition coefficient (Wildman–Crippen LogP) is 1.09. The van der Waals surface area contributed by atoms with E-state index in [0.29, 0.717) is 12.0 Å². The Balaban J connectivity index is 2.59. The number of primary sulfonamides is 1. The Labute approximate surface area is 102 Å². The lowest BCUT2D eigenvalue weighted by molar-refractivity contribution is 0.192. The van der Waals surface area contributed by atoms with Crippen LogP contribution in [0, 0.1) is 0 Å². The number of nitrogens with zero attached hydrogens (tertiary/aromatic N) is 1. The van der Waals surface area contributed by atoms with Gasteiger partial charge in [0.15, 0.2) is 5.03 Å². The molecule has 1 rings (SSSR count). The highest BCUT2D eigenvalue weighted by molar-refractivity contribution is 7.89. The summed E-state index contributed by atoms with van der Waals surface area (Å²) in [5.41, 5.74) is 0.687. The van der Waals surface area contributed by atoms with Crippen LogP contribution in [0.4, 0.5) is 0 Å². The van der Waals surface area contributed by atoms with Gasteiger partial charge in [-0.3, -0.25) is 0 Å². The third-order valence-electron chi connectivity index (χ3n) is 2.41. The fourth-order valence-corrected chi connectivity index (χ4v) is 2.35. The van der Waals surface area contributed by atoms with Gasteiger partial charge in [-0.2, -0.15) is 0 Å². The van der Waals surface area contributed by atoms with Gasteiger partial charge in [-0.05, 0) is 30.9 Å². The summed E-state index contributed by atoms with van der Waals surface area (Å²) in [6, 6.07) is 3.47. The van der Waals surface area contributed by atoms with Gasteiger partial charge < -0.3 is 4.74 Å². The molecule has 0 saturated carbocycles. The standard InChI is InChI=1S/C11H18N2O3S/c1-16-9-4-2-3-6-10-7-5-8-13-11(10)17(12,14)15/h5,7-8H,2-4,6,9H2,1H3,(H2,12,14,15). The molecule has 5 nitrogen and oxygen atoms in total. The molecule has 1 aromatic heterocycles. The van der Waals surface area contributed by atoms with Gasteiger partial charge in [0.05, 0.1) is 0 Å². The van der Waals surface area contributed by atoms with Crippen molar-refractivity contribution in [3.8, 4) is 0 Å². The number of methoxy groups -OCH3 is 1. The third kappa shape index (κ3) is 4.80. The molecule has 1 aromatic rings. The summed E-state index contributed by atoms with van der Waals surface area (Å²) in [7, 11) is -2.05. The van der Waals surface area contributed by atoms with Gasteiger partial charge in [0.2, 0.25) is 0 Å². The van der Waals surface area contributed by atoms with Crippen molar-refractivity contribution in [2.24, 2.45) is 5.14 Å². The Bertz CT molecular complexity index is 446. The minimum absolute atomic E-state index is 0.00765. The molecule has 0 unspecified atom stereocenters. The summed E-state index contributed by atoms with van der Waals surface area (Å²) in [4.78, 5) is 3.83. The third-order valence-corrected chi connectivity index (χ3v) is 3.32. The number of ether oxygens (including phenoxy) is 1. The fourth-order valence-electron chi connectivity index (χ4n) is 1.61. The van der Waals surface area contributed by atoms with Crippen LogP contribution in [-0.4, -0.2) is 27.1 Å². The van der Waals surface area contributed by atoms with Crippen LogP contribution in [0.2, 0.25) is 0 Å². The first kappa shape index (κ1) is 14.1. The Morgan fingerprint density at radius 3 is 2.76 bits per heavy atom. The molecule has 96 valence electrons. The number of unbranched alkanes of at least 4 members (excludes halogenated alkanes) is 2. The molecule has 0 fully saturated rings. The molecule has 0 aromatic carbocycles. The van der Waals surface area contributed by atoms with E-state index in [9.17, 15) is 8.42 Å². The zero-order valence-electron chi connectivity index (χ0n) is 9.93. The van der Waals surface area contributed by atoms with Crippen molar-refractivity contribution >= 4 is 10.0 Å². The molecule has 0 aliphatic rings. The van der Waals surface area contributed by atoms with Crippen molar-refractivity contribution in [2.75, 3.05) is 13.7 Å². The van der Waals surface area contributed by atoms with Crippen molar-refractivity contribution in [1.82, 2.24) is 4.98 Å². The second-order valence-electron chi connectivity index (χ2n) is 3.82. The minimum Gasteiger partial charge on any atom is -0.385 e. The van der Waals surface area contributed by atoms with Crippen LogP contribution in [0.5, 0.6) is 0 Å². The highest BCUT2D eigenvalue weighted by Gasteiger charge is 2.14. The number of aromatic nitrogens is 1. The maximum absolute atomic E-state index is 11.3. The second kappa shape index (κ2) is 6.68. The van der Waals surface area contributed by atoms with Crippen LogP contribution in [-0.2, 0) is 21.2 Å². The number of pyridine rings is 1. The van der Waals surface area contributed by atoms with Crippen molar-refractivity contribution in [3.05, 3.63) is 23.9 Å². The molecule has 0 aliphatic carbocycles. The molecule has 6 heteroatoms. The molecule has 0 bridgehead atoms. The highest BCUT2D eigenvalue weighted by atomic mass is 32.2. The zero-order valence-corrected chi connectivity index (χ0v) is 10.7. The van der Waals surface area contributed by atoms with Gasteiger partial charge in [0.1, 0.15) is 0 Å². The van der Waals surface area contributed by atoms with Crippen LogP contribution < -0.4 is 5.14 Å². The maximum atomic E-state index is 11.3. The number of nitrogens with two attached hydrogens (primary N) is 1. The van der Waals surface area contributed by atoms with Crippen molar-refractivity contribution in [1.29, 1.82) is 0 Å². The van der Waals surface area contributed by atoms with Crippen molar-refractivity contribution in [2.45, 2.75) is 30.7 Å². The van der Waals surface area contributed by atoms with E-state index < -0.39 is 10.0 Å². The summed E-state index contributed by atoms with van der Waals surface area (Å²) in [6.45, 7) is 0.731. The van der Waals surface area contributed by atoms with Gasteiger partial charge >= 0.3 is 0 Å². The van der Waals surface area contributed by atoms with Gasteiger partial charge in [-0.15, -0.1) is 0 Å². The van der Waals surface area contributed by atoms with Gasteiger partial charge in [0, 0.05) is 19.9 Å². The van der Waals surface area contributed by atoms with Crippen LogP contribution in [0.15, 0.2) is 23.4 Å². The minimum atomic E-state index is -3.72. The molecular formula is C11H18N2O3S. The average molecular weight is 258 g/mol. The highest BCUT2D eigenvalue weighted by Crippen LogP contribution is 2.13. The first-order valence-corrected chi connectivity index (χ1v) is 7.06. The molecule has 17 heavy (non-hydrogen) atoms. The normalized spacial score (nSPS) is 11.6. The monoisotopic (exact) mass is 258 g/mol. The summed E-state index contributed by atoms with van der Waals surface area (Å²) in [5.74, 6) is 0. The molecule has 0 spiro atoms. The maximum Gasteiger partial charge on any atom is 0.255 e. The lowest BCUT2D eigenvalue weighted by atomic mass is 10.1. The fraction of sp³-hybridized carbons (Fsp3) is 0.545. The molecular weight excluding hydrogens is 240 g/mol. The summed E-state index contributed by atoms with van der Waals surface area (Å²) >= 11 is 0.